The molecule has 4 N–H and O–H groups in total. The number of aliphatic hydroxyl groups excluding tert-OH is 1. The zero-order valence-corrected chi connectivity index (χ0v) is 8.87. The number of nitrogens with zero attached hydrogens (tertiary/aromatic N) is 1. The first-order chi connectivity index (χ1) is 6.70. The molecule has 0 aromatic heterocycles. The molecule has 1 heterocycles. The number of nitrogens with two attached hydrogens (primary N) is 1. The molecule has 0 amide bonds. The lowest BCUT2D eigenvalue weighted by Gasteiger charge is -2.39. The van der Waals surface area contributed by atoms with Crippen LogP contribution in [-0.4, -0.2) is 41.1 Å². The van der Waals surface area contributed by atoms with Crippen molar-refractivity contribution in [2.45, 2.75) is 44.7 Å². The van der Waals surface area contributed by atoms with Gasteiger partial charge in [0.1, 0.15) is 5.84 Å². The molecule has 0 aliphatic carbocycles. The Kier molecular flexibility index (Phi) is 4.35. The van der Waals surface area contributed by atoms with Gasteiger partial charge in [-0.05, 0) is 25.8 Å². The van der Waals surface area contributed by atoms with Gasteiger partial charge in [-0.1, -0.05) is 13.3 Å². The molecule has 0 radical (unpaired) electrons. The molecule has 1 aliphatic heterocycles. The summed E-state index contributed by atoms with van der Waals surface area (Å²) < 4.78 is 0. The van der Waals surface area contributed by atoms with Gasteiger partial charge in [0.05, 0.1) is 12.6 Å². The molecule has 1 fully saturated rings. The van der Waals surface area contributed by atoms with Crippen LogP contribution in [-0.2, 0) is 0 Å². The first kappa shape index (κ1) is 11.5. The van der Waals surface area contributed by atoms with Gasteiger partial charge < -0.3 is 10.8 Å². The summed E-state index contributed by atoms with van der Waals surface area (Å²) in [6.45, 7) is 3.18. The number of piperidine rings is 1. The van der Waals surface area contributed by atoms with Crippen molar-refractivity contribution < 1.29 is 5.11 Å². The maximum atomic E-state index is 9.23. The maximum absolute atomic E-state index is 9.23. The van der Waals surface area contributed by atoms with E-state index in [4.69, 9.17) is 11.1 Å². The molecule has 82 valence electrons. The average Bonchev–Trinajstić information content (AvgIpc) is 2.19. The molecule has 4 nitrogen and oxygen atoms in total. The fourth-order valence-corrected chi connectivity index (χ4v) is 2.26. The smallest absolute Gasteiger partial charge is 0.108 e. The minimum absolute atomic E-state index is 0.0208. The highest BCUT2D eigenvalue weighted by Crippen LogP contribution is 2.20. The highest BCUT2D eigenvalue weighted by molar-refractivity contribution is 5.82. The fraction of sp³-hybridized carbons (Fsp3) is 0.900. The van der Waals surface area contributed by atoms with E-state index in [1.165, 1.54) is 6.42 Å². The number of hydrogen-bond acceptors (Lipinski definition) is 3. The average molecular weight is 199 g/mol. The van der Waals surface area contributed by atoms with Gasteiger partial charge in [-0.2, -0.15) is 0 Å². The van der Waals surface area contributed by atoms with E-state index >= 15 is 0 Å². The molecule has 4 heteroatoms. The largest absolute Gasteiger partial charge is 0.395 e. The van der Waals surface area contributed by atoms with Crippen LogP contribution in [0.3, 0.4) is 0 Å². The Morgan fingerprint density at radius 2 is 2.36 bits per heavy atom. The molecule has 0 saturated carbocycles. The summed E-state index contributed by atoms with van der Waals surface area (Å²) in [5.74, 6) is 0.229. The van der Waals surface area contributed by atoms with E-state index in [1.54, 1.807) is 0 Å². The second kappa shape index (κ2) is 5.32. The summed E-state index contributed by atoms with van der Waals surface area (Å²) >= 11 is 0. The third-order valence-electron chi connectivity index (χ3n) is 3.03. The van der Waals surface area contributed by atoms with E-state index in [1.807, 2.05) is 6.92 Å². The molecule has 2 unspecified atom stereocenters. The predicted octanol–water partition coefficient (Wildman–Crippen LogP) is 0.548. The fourth-order valence-electron chi connectivity index (χ4n) is 2.26. The zero-order valence-electron chi connectivity index (χ0n) is 8.87. The van der Waals surface area contributed by atoms with Gasteiger partial charge in [0.15, 0.2) is 0 Å². The molecule has 14 heavy (non-hydrogen) atoms. The van der Waals surface area contributed by atoms with Gasteiger partial charge in [-0.25, -0.2) is 0 Å². The van der Waals surface area contributed by atoms with Crippen LogP contribution < -0.4 is 5.73 Å². The van der Waals surface area contributed by atoms with Gasteiger partial charge in [-0.3, -0.25) is 10.3 Å². The molecule has 0 bridgehead atoms. The Balaban J connectivity index is 2.65. The van der Waals surface area contributed by atoms with Crippen molar-refractivity contribution in [1.82, 2.24) is 4.90 Å². The van der Waals surface area contributed by atoms with Gasteiger partial charge in [0, 0.05) is 6.04 Å². The summed E-state index contributed by atoms with van der Waals surface area (Å²) in [6.07, 6.45) is 4.21. The summed E-state index contributed by atoms with van der Waals surface area (Å²) in [4.78, 5) is 2.19. The molecular weight excluding hydrogens is 178 g/mol. The summed E-state index contributed by atoms with van der Waals surface area (Å²) in [7, 11) is 0. The Morgan fingerprint density at radius 1 is 1.64 bits per heavy atom. The van der Waals surface area contributed by atoms with Crippen LogP contribution in [0, 0.1) is 5.41 Å². The summed E-state index contributed by atoms with van der Waals surface area (Å²) in [6, 6.07) is 0.227. The monoisotopic (exact) mass is 199 g/mol. The quantitative estimate of drug-likeness (QED) is 0.457. The third kappa shape index (κ3) is 2.45. The van der Waals surface area contributed by atoms with E-state index < -0.39 is 0 Å². The van der Waals surface area contributed by atoms with Crippen molar-refractivity contribution in [1.29, 1.82) is 5.41 Å². The van der Waals surface area contributed by atoms with Crippen LogP contribution in [0.25, 0.3) is 0 Å². The van der Waals surface area contributed by atoms with Crippen molar-refractivity contribution in [3.8, 4) is 0 Å². The second-order valence-corrected chi connectivity index (χ2v) is 3.95. The van der Waals surface area contributed by atoms with Gasteiger partial charge in [-0.15, -0.1) is 0 Å². The van der Waals surface area contributed by atoms with Crippen molar-refractivity contribution in [3.63, 3.8) is 0 Å². The van der Waals surface area contributed by atoms with Crippen molar-refractivity contribution in [2.24, 2.45) is 5.73 Å². The molecule has 1 aliphatic rings. The van der Waals surface area contributed by atoms with E-state index in [-0.39, 0.29) is 24.5 Å². The maximum Gasteiger partial charge on any atom is 0.108 e. The predicted molar refractivity (Wildman–Crippen MR) is 57.4 cm³/mol. The standard InChI is InChI=1S/C10H21N3O/c1-2-9(10(11)12)13-6-4-3-5-8(13)7-14/h8-9,14H,2-7H2,1H3,(H3,11,12). The number of aliphatic hydroxyl groups is 1. The van der Waals surface area contributed by atoms with Gasteiger partial charge in [0.25, 0.3) is 0 Å². The minimum atomic E-state index is 0.0208. The number of likely N-dealkylation sites (tertiary alicyclic amines) is 1. The van der Waals surface area contributed by atoms with E-state index in [0.717, 1.165) is 25.8 Å². The van der Waals surface area contributed by atoms with Crippen molar-refractivity contribution in [3.05, 3.63) is 0 Å². The van der Waals surface area contributed by atoms with E-state index in [9.17, 15) is 5.11 Å². The zero-order chi connectivity index (χ0) is 10.6. The van der Waals surface area contributed by atoms with E-state index in [0.29, 0.717) is 0 Å². The lowest BCUT2D eigenvalue weighted by molar-refractivity contribution is 0.0726. The Morgan fingerprint density at radius 3 is 2.86 bits per heavy atom. The first-order valence-electron chi connectivity index (χ1n) is 5.41. The van der Waals surface area contributed by atoms with Crippen molar-refractivity contribution >= 4 is 5.84 Å². The molecule has 0 aromatic carbocycles. The molecular formula is C10H21N3O. The SMILES string of the molecule is CCC(C(=N)N)N1CCCCC1CO. The normalized spacial score (nSPS) is 26.0. The highest BCUT2D eigenvalue weighted by atomic mass is 16.3. The number of nitrogens with one attached hydrogen (secondary N) is 1. The topological polar surface area (TPSA) is 73.3 Å². The molecule has 0 aromatic rings. The van der Waals surface area contributed by atoms with Crippen LogP contribution in [0.1, 0.15) is 32.6 Å². The molecule has 1 rings (SSSR count). The Labute approximate surface area is 85.6 Å². The van der Waals surface area contributed by atoms with Crippen LogP contribution in [0.4, 0.5) is 0 Å². The lowest BCUT2D eigenvalue weighted by atomic mass is 9.99. The summed E-state index contributed by atoms with van der Waals surface area (Å²) in [5.41, 5.74) is 5.55. The third-order valence-corrected chi connectivity index (χ3v) is 3.03. The molecule has 0 spiro atoms. The van der Waals surface area contributed by atoms with Crippen LogP contribution in [0.5, 0.6) is 0 Å². The first-order valence-corrected chi connectivity index (χ1v) is 5.41. The van der Waals surface area contributed by atoms with Gasteiger partial charge in [0.2, 0.25) is 0 Å². The Hall–Kier alpha value is -0.610. The minimum Gasteiger partial charge on any atom is -0.395 e. The number of rotatable bonds is 4. The van der Waals surface area contributed by atoms with Gasteiger partial charge >= 0.3 is 0 Å². The second-order valence-electron chi connectivity index (χ2n) is 3.95. The number of amidine groups is 1. The van der Waals surface area contributed by atoms with Crippen LogP contribution >= 0.6 is 0 Å². The van der Waals surface area contributed by atoms with Crippen LogP contribution in [0.2, 0.25) is 0 Å². The highest BCUT2D eigenvalue weighted by Gasteiger charge is 2.28. The molecule has 2 atom stereocenters. The Bertz CT molecular complexity index is 196. The summed E-state index contributed by atoms with van der Waals surface area (Å²) in [5, 5.41) is 16.7. The molecule has 1 saturated heterocycles. The number of hydrogen-bond donors (Lipinski definition) is 3. The lowest BCUT2D eigenvalue weighted by Crippen LogP contribution is -2.52. The van der Waals surface area contributed by atoms with Crippen molar-refractivity contribution in [2.75, 3.05) is 13.2 Å². The van der Waals surface area contributed by atoms with Crippen LogP contribution in [0.15, 0.2) is 0 Å². The van der Waals surface area contributed by atoms with E-state index in [2.05, 4.69) is 4.90 Å².